The molecule has 6 nitrogen and oxygen atoms in total. The standard InChI is InChI=1S/C12H11Cl2N3O3/c1-7-4-11(17-20-7)16-12(18)15-6-19-10-3-2-8(13)5-9(10)14/h2-5H,6H2,1H3,(H2,15,16,17,18). The molecule has 1 heterocycles. The van der Waals surface area contributed by atoms with Crippen molar-refractivity contribution in [2.75, 3.05) is 12.0 Å². The minimum atomic E-state index is -0.469. The third kappa shape index (κ3) is 4.04. The molecule has 1 aromatic carbocycles. The summed E-state index contributed by atoms with van der Waals surface area (Å²) < 4.78 is 10.1. The summed E-state index contributed by atoms with van der Waals surface area (Å²) in [4.78, 5) is 11.5. The van der Waals surface area contributed by atoms with Crippen LogP contribution in [0.15, 0.2) is 28.8 Å². The molecule has 0 unspecified atom stereocenters. The number of amides is 2. The number of hydrogen-bond donors (Lipinski definition) is 2. The molecule has 0 radical (unpaired) electrons. The molecular formula is C12H11Cl2N3O3. The lowest BCUT2D eigenvalue weighted by atomic mass is 10.3. The van der Waals surface area contributed by atoms with Gasteiger partial charge in [0.2, 0.25) is 0 Å². The molecule has 0 aliphatic rings. The number of benzene rings is 1. The zero-order valence-corrected chi connectivity index (χ0v) is 12.0. The van der Waals surface area contributed by atoms with Gasteiger partial charge in [0.1, 0.15) is 11.5 Å². The first-order chi connectivity index (χ1) is 9.54. The fraction of sp³-hybridized carbons (Fsp3) is 0.167. The van der Waals surface area contributed by atoms with Crippen LogP contribution >= 0.6 is 23.2 Å². The monoisotopic (exact) mass is 315 g/mol. The molecule has 106 valence electrons. The quantitative estimate of drug-likeness (QED) is 0.847. The van der Waals surface area contributed by atoms with E-state index in [4.69, 9.17) is 32.5 Å². The van der Waals surface area contributed by atoms with Crippen LogP contribution < -0.4 is 15.4 Å². The van der Waals surface area contributed by atoms with Gasteiger partial charge in [-0.15, -0.1) is 0 Å². The van der Waals surface area contributed by atoms with Gasteiger partial charge < -0.3 is 14.6 Å². The normalized spacial score (nSPS) is 10.2. The molecule has 0 aliphatic heterocycles. The number of rotatable bonds is 4. The Morgan fingerprint density at radius 2 is 2.20 bits per heavy atom. The number of aromatic nitrogens is 1. The van der Waals surface area contributed by atoms with E-state index in [0.29, 0.717) is 27.4 Å². The zero-order valence-electron chi connectivity index (χ0n) is 10.4. The predicted molar refractivity (Wildman–Crippen MR) is 75.4 cm³/mol. The lowest BCUT2D eigenvalue weighted by Crippen LogP contribution is -2.32. The van der Waals surface area contributed by atoms with Crippen molar-refractivity contribution in [3.05, 3.63) is 40.1 Å². The molecule has 2 N–H and O–H groups in total. The van der Waals surface area contributed by atoms with Gasteiger partial charge in [0.25, 0.3) is 0 Å². The largest absolute Gasteiger partial charge is 0.472 e. The molecule has 2 amide bonds. The number of halogens is 2. The average Bonchev–Trinajstić information content (AvgIpc) is 2.77. The highest BCUT2D eigenvalue weighted by Gasteiger charge is 2.06. The van der Waals surface area contributed by atoms with E-state index in [0.717, 1.165) is 0 Å². The molecule has 0 bridgehead atoms. The van der Waals surface area contributed by atoms with Crippen LogP contribution in [0.5, 0.6) is 5.75 Å². The van der Waals surface area contributed by atoms with E-state index in [1.165, 1.54) is 0 Å². The Labute approximate surface area is 125 Å². The smallest absolute Gasteiger partial charge is 0.323 e. The van der Waals surface area contributed by atoms with Crippen LogP contribution in [0, 0.1) is 6.92 Å². The first-order valence-corrected chi connectivity index (χ1v) is 6.36. The van der Waals surface area contributed by atoms with Gasteiger partial charge in [-0.25, -0.2) is 4.79 Å². The van der Waals surface area contributed by atoms with Crippen molar-refractivity contribution in [3.63, 3.8) is 0 Å². The van der Waals surface area contributed by atoms with Crippen molar-refractivity contribution >= 4 is 35.1 Å². The van der Waals surface area contributed by atoms with Crippen LogP contribution in [-0.4, -0.2) is 17.9 Å². The third-order valence-electron chi connectivity index (χ3n) is 2.22. The second kappa shape index (κ2) is 6.49. The number of anilines is 1. The van der Waals surface area contributed by atoms with Gasteiger partial charge in [-0.1, -0.05) is 28.4 Å². The Hall–Kier alpha value is -1.92. The Balaban J connectivity index is 1.79. The van der Waals surface area contributed by atoms with Crippen LogP contribution in [0.4, 0.5) is 10.6 Å². The summed E-state index contributed by atoms with van der Waals surface area (Å²) in [7, 11) is 0. The van der Waals surface area contributed by atoms with Gasteiger partial charge in [0.05, 0.1) is 5.02 Å². The molecule has 8 heteroatoms. The summed E-state index contributed by atoms with van der Waals surface area (Å²) in [6.45, 7) is 1.67. The highest BCUT2D eigenvalue weighted by atomic mass is 35.5. The molecule has 0 aliphatic carbocycles. The second-order valence-electron chi connectivity index (χ2n) is 3.82. The summed E-state index contributed by atoms with van der Waals surface area (Å²) in [5.41, 5.74) is 0. The number of nitrogens with one attached hydrogen (secondary N) is 2. The van der Waals surface area contributed by atoms with E-state index in [1.807, 2.05) is 0 Å². The van der Waals surface area contributed by atoms with E-state index in [1.54, 1.807) is 31.2 Å². The lowest BCUT2D eigenvalue weighted by molar-refractivity contribution is 0.234. The van der Waals surface area contributed by atoms with Crippen molar-refractivity contribution < 1.29 is 14.1 Å². The zero-order chi connectivity index (χ0) is 14.5. The number of aryl methyl sites for hydroxylation is 1. The Morgan fingerprint density at radius 3 is 2.85 bits per heavy atom. The molecule has 2 rings (SSSR count). The maximum atomic E-state index is 11.5. The molecule has 0 saturated carbocycles. The van der Waals surface area contributed by atoms with Crippen LogP contribution in [0.1, 0.15) is 5.76 Å². The minimum Gasteiger partial charge on any atom is -0.472 e. The lowest BCUT2D eigenvalue weighted by Gasteiger charge is -2.09. The number of carbonyl (C=O) groups is 1. The summed E-state index contributed by atoms with van der Waals surface area (Å²) in [6.07, 6.45) is 0. The molecule has 0 saturated heterocycles. The Kier molecular flexibility index (Phi) is 4.70. The number of nitrogens with zero attached hydrogens (tertiary/aromatic N) is 1. The first-order valence-electron chi connectivity index (χ1n) is 5.60. The number of urea groups is 1. The highest BCUT2D eigenvalue weighted by molar-refractivity contribution is 6.35. The molecule has 2 aromatic rings. The first kappa shape index (κ1) is 14.5. The number of hydrogen-bond acceptors (Lipinski definition) is 4. The van der Waals surface area contributed by atoms with E-state index in [-0.39, 0.29) is 6.73 Å². The summed E-state index contributed by atoms with van der Waals surface area (Å²) in [5.74, 6) is 1.35. The maximum Gasteiger partial charge on any atom is 0.323 e. The van der Waals surface area contributed by atoms with Crippen molar-refractivity contribution in [3.8, 4) is 5.75 Å². The van der Waals surface area contributed by atoms with Crippen LogP contribution in [0.3, 0.4) is 0 Å². The van der Waals surface area contributed by atoms with Gasteiger partial charge in [0.15, 0.2) is 12.5 Å². The molecular weight excluding hydrogens is 305 g/mol. The predicted octanol–water partition coefficient (Wildman–Crippen LogP) is 3.45. The number of ether oxygens (including phenoxy) is 1. The van der Waals surface area contributed by atoms with Gasteiger partial charge in [0, 0.05) is 11.1 Å². The molecule has 0 atom stereocenters. The maximum absolute atomic E-state index is 11.5. The third-order valence-corrected chi connectivity index (χ3v) is 2.75. The van der Waals surface area contributed by atoms with Gasteiger partial charge in [-0.05, 0) is 25.1 Å². The van der Waals surface area contributed by atoms with E-state index >= 15 is 0 Å². The Morgan fingerprint density at radius 1 is 1.40 bits per heavy atom. The fourth-order valence-electron chi connectivity index (χ4n) is 1.36. The van der Waals surface area contributed by atoms with Gasteiger partial charge in [-0.3, -0.25) is 5.32 Å². The second-order valence-corrected chi connectivity index (χ2v) is 4.66. The van der Waals surface area contributed by atoms with Crippen LogP contribution in [-0.2, 0) is 0 Å². The van der Waals surface area contributed by atoms with Gasteiger partial charge in [-0.2, -0.15) is 0 Å². The molecule has 20 heavy (non-hydrogen) atoms. The van der Waals surface area contributed by atoms with Crippen LogP contribution in [0.25, 0.3) is 0 Å². The van der Waals surface area contributed by atoms with Crippen LogP contribution in [0.2, 0.25) is 10.0 Å². The summed E-state index contributed by atoms with van der Waals surface area (Å²) >= 11 is 11.7. The van der Waals surface area contributed by atoms with E-state index in [9.17, 15) is 4.79 Å². The van der Waals surface area contributed by atoms with E-state index in [2.05, 4.69) is 15.8 Å². The van der Waals surface area contributed by atoms with Crippen molar-refractivity contribution in [1.82, 2.24) is 10.5 Å². The highest BCUT2D eigenvalue weighted by Crippen LogP contribution is 2.27. The average molecular weight is 316 g/mol. The topological polar surface area (TPSA) is 76.4 Å². The van der Waals surface area contributed by atoms with Crippen molar-refractivity contribution in [2.24, 2.45) is 0 Å². The minimum absolute atomic E-state index is 0.0516. The Bertz CT molecular complexity index is 616. The van der Waals surface area contributed by atoms with Crippen molar-refractivity contribution in [2.45, 2.75) is 6.92 Å². The van der Waals surface area contributed by atoms with E-state index < -0.39 is 6.03 Å². The summed E-state index contributed by atoms with van der Waals surface area (Å²) in [5, 5.41) is 9.47. The van der Waals surface area contributed by atoms with Crippen molar-refractivity contribution in [1.29, 1.82) is 0 Å². The number of carbonyl (C=O) groups excluding carboxylic acids is 1. The van der Waals surface area contributed by atoms with Gasteiger partial charge >= 0.3 is 6.03 Å². The molecule has 0 spiro atoms. The molecule has 0 fully saturated rings. The molecule has 1 aromatic heterocycles. The fourth-order valence-corrected chi connectivity index (χ4v) is 1.82. The SMILES string of the molecule is Cc1cc(NC(=O)NCOc2ccc(Cl)cc2Cl)no1. The summed E-state index contributed by atoms with van der Waals surface area (Å²) in [6, 6.07) is 5.93.